The summed E-state index contributed by atoms with van der Waals surface area (Å²) in [6.45, 7) is -1.45. The smallest absolute Gasteiger partial charge is 0.314 e. The van der Waals surface area contributed by atoms with E-state index >= 15 is 0 Å². The van der Waals surface area contributed by atoms with E-state index in [4.69, 9.17) is 75.8 Å². The number of unbranched alkanes of at least 4 members (excludes halogenated alkanes) is 7. The standard InChI is InChI=1S/C58H96N2O37/c1-4-5-6-7-8-9-10-11-12-13-59-58(81)60-14-23-42-30(69)36(75)51(84-23)97-48-29(20-66)90-57(50(83-22(3)68)49(48)82-21(2)67)96-47-28(19-65)89-56(41(80)35(47)74)95-46-27(18-64)88-55(40(79)34(46)73)94-45-26(17-63)87-54(39(78)33(45)72)93-44-25(16-62)86-53(38(77)32(44)71)92-43-24(15-61)85-52(91-42)37(76)31(43)70/h4,23-57,61-66,69-80H,1,5-20H2,2-3H3,(H2,59,60,81)/t23-,24+,25+,26-,27-,28-,29+,30-,31-,32-,33-,34+,35+,36-,37-,38-,39-,40+,41-,42-,43-,44-,45-,46-,47-,48-,49+,50-,51-,52-,53-,54-,55?,56-,57-/m1/s1. The van der Waals surface area contributed by atoms with Gasteiger partial charge in [0, 0.05) is 26.9 Å². The molecule has 0 aromatic heterocycles. The van der Waals surface area contributed by atoms with E-state index in [2.05, 4.69) is 17.2 Å². The molecule has 0 saturated carbocycles. The van der Waals surface area contributed by atoms with E-state index in [1.807, 2.05) is 6.08 Å². The second-order valence-electron chi connectivity index (χ2n) is 24.8. The highest BCUT2D eigenvalue weighted by Gasteiger charge is 2.61. The van der Waals surface area contributed by atoms with Crippen molar-refractivity contribution >= 4 is 18.0 Å². The van der Waals surface area contributed by atoms with Gasteiger partial charge in [0.1, 0.15) is 159 Å². The Balaban J connectivity index is 1.11. The van der Waals surface area contributed by atoms with Gasteiger partial charge in [0.2, 0.25) is 0 Å². The van der Waals surface area contributed by atoms with Gasteiger partial charge in [-0.3, -0.25) is 9.59 Å². The maximum Gasteiger partial charge on any atom is 0.314 e. The number of aliphatic hydroxyl groups is 18. The van der Waals surface area contributed by atoms with Gasteiger partial charge in [-0.05, 0) is 19.3 Å². The van der Waals surface area contributed by atoms with Gasteiger partial charge in [-0.1, -0.05) is 38.2 Å². The molecule has 21 saturated heterocycles. The molecular formula is C58H96N2O37. The third-order valence-electron chi connectivity index (χ3n) is 18.0. The molecule has 0 spiro atoms. The van der Waals surface area contributed by atoms with E-state index in [1.165, 1.54) is 0 Å². The summed E-state index contributed by atoms with van der Waals surface area (Å²) in [7, 11) is 0. The summed E-state index contributed by atoms with van der Waals surface area (Å²) in [5.41, 5.74) is 0. The number of allylic oxidation sites excluding steroid dienone is 1. The predicted molar refractivity (Wildman–Crippen MR) is 309 cm³/mol. The molecule has 0 radical (unpaired) electrons. The third-order valence-corrected chi connectivity index (χ3v) is 18.0. The lowest BCUT2D eigenvalue weighted by Crippen LogP contribution is -2.69. The number of carbonyl (C=O) groups is 3. The van der Waals surface area contributed by atoms with E-state index in [1.54, 1.807) is 0 Å². The van der Waals surface area contributed by atoms with Crippen LogP contribution in [0.1, 0.15) is 65.2 Å². The average Bonchev–Trinajstić information content (AvgIpc) is 0.796. The zero-order chi connectivity index (χ0) is 70.7. The molecule has 0 aliphatic carbocycles. The Morgan fingerprint density at radius 2 is 0.588 bits per heavy atom. The first-order valence-corrected chi connectivity index (χ1v) is 32.3. The van der Waals surface area contributed by atoms with E-state index in [9.17, 15) is 106 Å². The largest absolute Gasteiger partial charge is 0.455 e. The second kappa shape index (κ2) is 36.7. The third kappa shape index (κ3) is 18.7. The van der Waals surface area contributed by atoms with Crippen molar-refractivity contribution in [2.45, 2.75) is 280 Å². The van der Waals surface area contributed by atoms with Crippen LogP contribution in [0.5, 0.6) is 0 Å². The fraction of sp³-hybridized carbons (Fsp3) is 0.914. The maximum absolute atomic E-state index is 13.4. The Morgan fingerprint density at radius 3 is 0.907 bits per heavy atom. The van der Waals surface area contributed by atoms with Gasteiger partial charge in [0.15, 0.2) is 56.2 Å². The van der Waals surface area contributed by atoms with Crippen LogP contribution in [-0.2, 0) is 85.4 Å². The number of rotatable bonds is 20. The van der Waals surface area contributed by atoms with Crippen molar-refractivity contribution in [2.75, 3.05) is 52.7 Å². The van der Waals surface area contributed by atoms with Crippen molar-refractivity contribution in [1.82, 2.24) is 10.6 Å². The lowest BCUT2D eigenvalue weighted by Gasteiger charge is -2.50. The molecule has 21 rings (SSSR count). The highest BCUT2D eigenvalue weighted by atomic mass is 16.8. The van der Waals surface area contributed by atoms with Gasteiger partial charge in [-0.2, -0.15) is 0 Å². The van der Waals surface area contributed by atoms with Gasteiger partial charge >= 0.3 is 18.0 Å². The van der Waals surface area contributed by atoms with E-state index in [-0.39, 0.29) is 6.54 Å². The summed E-state index contributed by atoms with van der Waals surface area (Å²) in [4.78, 5) is 39.4. The highest BCUT2D eigenvalue weighted by molar-refractivity contribution is 5.73. The molecule has 1 unspecified atom stereocenters. The summed E-state index contributed by atoms with van der Waals surface area (Å²) < 4.78 is 93.8. The number of amides is 2. The second-order valence-corrected chi connectivity index (χ2v) is 24.8. The van der Waals surface area contributed by atoms with Crippen LogP contribution in [0.15, 0.2) is 12.7 Å². The normalized spacial score (nSPS) is 46.1. The summed E-state index contributed by atoms with van der Waals surface area (Å²) in [6, 6.07) is -0.778. The van der Waals surface area contributed by atoms with Gasteiger partial charge in [-0.25, -0.2) is 4.79 Å². The van der Waals surface area contributed by atoms with Gasteiger partial charge in [-0.15, -0.1) is 6.58 Å². The summed E-state index contributed by atoms with van der Waals surface area (Å²) in [5, 5.41) is 209. The highest BCUT2D eigenvalue weighted by Crippen LogP contribution is 2.40. The first-order chi connectivity index (χ1) is 46.3. The average molecular weight is 1410 g/mol. The SMILES string of the molecule is C=CCCCCCCCCCNC(=O)NC[C@H]1O[C@@H]2O[C@H]3[C@H](OC(C)=O)[C@@H](OC(C)=O)[C@@H](O[C@H]4[C@@H](O)[C@@H](O)[C@@H](O[C@H]5[C@@H](O)[C@H](O)C(O[C@H]6[C@H](O)[C@@H](O)[C@@H](O[C@H]7[C@H](O)[C@@H](O)[C@@H](O[C@H]8[C@H](O)[C@@H](O)[C@@H](O[C@H]1[C@H](O)[C@H]2O)O[C@H]8CO)O[C@H]7CO)O[C@@H]6CO)O[C@@H]5CO)O[C@@H]4CO)O[C@H]3CO. The Bertz CT molecular complexity index is 2420. The fourth-order valence-electron chi connectivity index (χ4n) is 12.8. The van der Waals surface area contributed by atoms with Crippen molar-refractivity contribution in [3.05, 3.63) is 12.7 Å². The first kappa shape index (κ1) is 79.4. The quantitative estimate of drug-likeness (QED) is 0.0306. The molecule has 21 aliphatic heterocycles. The lowest BCUT2D eigenvalue weighted by atomic mass is 9.94. The van der Waals surface area contributed by atoms with E-state index in [0.717, 1.165) is 58.8 Å². The Hall–Kier alpha value is -3.33. The molecule has 560 valence electrons. The predicted octanol–water partition coefficient (Wildman–Crippen LogP) is -10.5. The van der Waals surface area contributed by atoms with Crippen LogP contribution in [0.2, 0.25) is 0 Å². The number of carbonyl (C=O) groups excluding carboxylic acids is 3. The van der Waals surface area contributed by atoms with Crippen LogP contribution in [0.4, 0.5) is 4.79 Å². The molecular weight excluding hydrogens is 1320 g/mol. The van der Waals surface area contributed by atoms with Crippen LogP contribution in [0, 0.1) is 0 Å². The van der Waals surface area contributed by atoms with Crippen LogP contribution >= 0.6 is 0 Å². The zero-order valence-corrected chi connectivity index (χ0v) is 53.1. The summed E-state index contributed by atoms with van der Waals surface area (Å²) >= 11 is 0. The van der Waals surface area contributed by atoms with Crippen molar-refractivity contribution in [3.63, 3.8) is 0 Å². The minimum Gasteiger partial charge on any atom is -0.455 e. The molecule has 97 heavy (non-hydrogen) atoms. The topological polar surface area (TPSA) is 587 Å². The number of aliphatic hydroxyl groups excluding tert-OH is 18. The minimum atomic E-state index is -2.31. The Labute approximate surface area is 555 Å². The molecule has 14 bridgehead atoms. The number of esters is 2. The van der Waals surface area contributed by atoms with E-state index < -0.39 is 279 Å². The van der Waals surface area contributed by atoms with Crippen molar-refractivity contribution < 1.29 is 182 Å². The number of hydrogen-bond acceptors (Lipinski definition) is 37. The molecule has 39 heteroatoms. The minimum absolute atomic E-state index is 0.203. The molecule has 20 N–H and O–H groups in total. The molecule has 21 aliphatic rings. The van der Waals surface area contributed by atoms with Crippen LogP contribution < -0.4 is 10.6 Å². The Kier molecular flexibility index (Phi) is 30.0. The molecule has 35 atom stereocenters. The maximum atomic E-state index is 13.4. The fourth-order valence-corrected chi connectivity index (χ4v) is 12.8. The van der Waals surface area contributed by atoms with Gasteiger partial charge in [0.05, 0.1) is 39.6 Å². The molecule has 21 heterocycles. The summed E-state index contributed by atoms with van der Waals surface area (Å²) in [6.07, 6.45) is -62.7. The summed E-state index contributed by atoms with van der Waals surface area (Å²) in [5.74, 6) is -2.23. The monoisotopic (exact) mass is 1410 g/mol. The lowest BCUT2D eigenvalue weighted by molar-refractivity contribution is -0.396. The number of nitrogens with one attached hydrogen (secondary N) is 2. The van der Waals surface area contributed by atoms with Crippen LogP contribution in [-0.4, -0.2) is 378 Å². The molecule has 0 aromatic rings. The van der Waals surface area contributed by atoms with Crippen LogP contribution in [0.3, 0.4) is 0 Å². The van der Waals surface area contributed by atoms with Crippen molar-refractivity contribution in [1.29, 1.82) is 0 Å². The zero-order valence-electron chi connectivity index (χ0n) is 53.1. The Morgan fingerprint density at radius 1 is 0.330 bits per heavy atom. The molecule has 39 nitrogen and oxygen atoms in total. The molecule has 21 fully saturated rings. The first-order valence-electron chi connectivity index (χ1n) is 32.3. The number of ether oxygens (including phenoxy) is 16. The van der Waals surface area contributed by atoms with E-state index in [0.29, 0.717) is 6.42 Å². The van der Waals surface area contributed by atoms with Crippen molar-refractivity contribution in [2.24, 2.45) is 0 Å². The van der Waals surface area contributed by atoms with Crippen molar-refractivity contribution in [3.8, 4) is 0 Å². The van der Waals surface area contributed by atoms with Gasteiger partial charge < -0.3 is 178 Å². The number of urea groups is 1. The number of hydrogen-bond donors (Lipinski definition) is 20. The van der Waals surface area contributed by atoms with Crippen LogP contribution in [0.25, 0.3) is 0 Å². The molecule has 0 aromatic carbocycles. The molecule has 2 amide bonds. The van der Waals surface area contributed by atoms with Gasteiger partial charge in [0.25, 0.3) is 0 Å².